The van der Waals surface area contributed by atoms with E-state index >= 15 is 0 Å². The largest absolute Gasteiger partial charge is 0.325 e. The minimum absolute atomic E-state index is 0.434. The lowest BCUT2D eigenvalue weighted by molar-refractivity contribution is 0.622. The Morgan fingerprint density at radius 3 is 2.59 bits per heavy atom. The summed E-state index contributed by atoms with van der Waals surface area (Å²) in [7, 11) is 0. The molecule has 0 saturated carbocycles. The maximum atomic E-state index is 5.85. The van der Waals surface area contributed by atoms with Crippen LogP contribution < -0.4 is 5.73 Å². The molecule has 0 aliphatic carbocycles. The average molecular weight is 251 g/mol. The van der Waals surface area contributed by atoms with Crippen LogP contribution in [0.15, 0.2) is 24.3 Å². The van der Waals surface area contributed by atoms with E-state index in [0.717, 1.165) is 28.4 Å². The minimum atomic E-state index is 0.434. The van der Waals surface area contributed by atoms with Gasteiger partial charge in [0.15, 0.2) is 0 Å². The molecule has 4 nitrogen and oxygen atoms in total. The first-order valence-electron chi connectivity index (χ1n) is 5.60. The van der Waals surface area contributed by atoms with Crippen molar-refractivity contribution in [3.8, 4) is 0 Å². The first-order valence-corrected chi connectivity index (χ1v) is 5.98. The van der Waals surface area contributed by atoms with E-state index < -0.39 is 0 Å². The summed E-state index contributed by atoms with van der Waals surface area (Å²) in [6.07, 6.45) is 0.882. The number of nitrogens with two attached hydrogens (primary N) is 1. The third-order valence-corrected chi connectivity index (χ3v) is 2.94. The van der Waals surface area contributed by atoms with Gasteiger partial charge in [0.25, 0.3) is 0 Å². The molecular weight excluding hydrogens is 236 g/mol. The molecule has 0 aliphatic heterocycles. The smallest absolute Gasteiger partial charge is 0.0994 e. The maximum absolute atomic E-state index is 5.85. The Kier molecular flexibility index (Phi) is 3.76. The summed E-state index contributed by atoms with van der Waals surface area (Å²) in [5, 5.41) is 8.95. The SMILES string of the molecule is CCc1c(CN)nnn1Cc1ccc(Cl)cc1. The van der Waals surface area contributed by atoms with Crippen LogP contribution in [0.2, 0.25) is 5.02 Å². The number of benzene rings is 1. The fourth-order valence-corrected chi connectivity index (χ4v) is 1.93. The lowest BCUT2D eigenvalue weighted by Crippen LogP contribution is -2.08. The number of aromatic nitrogens is 3. The molecule has 2 N–H and O–H groups in total. The van der Waals surface area contributed by atoms with E-state index in [1.54, 1.807) is 0 Å². The summed E-state index contributed by atoms with van der Waals surface area (Å²) in [6, 6.07) is 7.74. The zero-order valence-electron chi connectivity index (χ0n) is 9.73. The van der Waals surface area contributed by atoms with Crippen molar-refractivity contribution in [1.29, 1.82) is 0 Å². The topological polar surface area (TPSA) is 56.7 Å². The molecule has 0 bridgehead atoms. The van der Waals surface area contributed by atoms with Crippen LogP contribution >= 0.6 is 11.6 Å². The Labute approximate surface area is 105 Å². The predicted octanol–water partition coefficient (Wildman–Crippen LogP) is 2.00. The van der Waals surface area contributed by atoms with Crippen LogP contribution in [0.3, 0.4) is 0 Å². The molecule has 1 heterocycles. The summed E-state index contributed by atoms with van der Waals surface area (Å²) in [5.74, 6) is 0. The van der Waals surface area contributed by atoms with E-state index in [0.29, 0.717) is 13.1 Å². The molecule has 1 aromatic carbocycles. The van der Waals surface area contributed by atoms with Gasteiger partial charge in [-0.3, -0.25) is 0 Å². The second kappa shape index (κ2) is 5.29. The standard InChI is InChI=1S/C12H15ClN4/c1-2-12-11(7-14)15-16-17(12)8-9-3-5-10(13)6-4-9/h3-6H,2,7-8,14H2,1H3. The zero-order chi connectivity index (χ0) is 12.3. The number of rotatable bonds is 4. The molecule has 1 aromatic heterocycles. The predicted molar refractivity (Wildman–Crippen MR) is 67.8 cm³/mol. The van der Waals surface area contributed by atoms with Gasteiger partial charge >= 0.3 is 0 Å². The van der Waals surface area contributed by atoms with E-state index in [4.69, 9.17) is 17.3 Å². The van der Waals surface area contributed by atoms with E-state index in [2.05, 4.69) is 17.2 Å². The monoisotopic (exact) mass is 250 g/mol. The van der Waals surface area contributed by atoms with Gasteiger partial charge in [0.05, 0.1) is 17.9 Å². The van der Waals surface area contributed by atoms with Crippen LogP contribution in [-0.4, -0.2) is 15.0 Å². The van der Waals surface area contributed by atoms with Gasteiger partial charge in [0.2, 0.25) is 0 Å². The second-order valence-corrected chi connectivity index (χ2v) is 4.26. The molecule has 0 unspecified atom stereocenters. The number of nitrogens with zero attached hydrogens (tertiary/aromatic N) is 3. The highest BCUT2D eigenvalue weighted by Crippen LogP contribution is 2.12. The van der Waals surface area contributed by atoms with E-state index in [1.165, 1.54) is 0 Å². The quantitative estimate of drug-likeness (QED) is 0.903. The molecule has 0 aliphatic rings. The molecule has 90 valence electrons. The van der Waals surface area contributed by atoms with Gasteiger partial charge in [-0.15, -0.1) is 5.10 Å². The summed E-state index contributed by atoms with van der Waals surface area (Å²) in [5.41, 5.74) is 8.75. The molecule has 0 fully saturated rings. The Balaban J connectivity index is 2.23. The first kappa shape index (κ1) is 12.1. The van der Waals surface area contributed by atoms with Gasteiger partial charge in [-0.2, -0.15) is 0 Å². The lowest BCUT2D eigenvalue weighted by atomic mass is 10.2. The second-order valence-electron chi connectivity index (χ2n) is 3.82. The molecule has 0 spiro atoms. The first-order chi connectivity index (χ1) is 8.24. The normalized spacial score (nSPS) is 10.8. The van der Waals surface area contributed by atoms with Crippen molar-refractivity contribution < 1.29 is 0 Å². The van der Waals surface area contributed by atoms with Crippen LogP contribution in [0.5, 0.6) is 0 Å². The summed E-state index contributed by atoms with van der Waals surface area (Å²) >= 11 is 5.85. The average Bonchev–Trinajstić information content (AvgIpc) is 2.74. The molecule has 17 heavy (non-hydrogen) atoms. The zero-order valence-corrected chi connectivity index (χ0v) is 10.5. The van der Waals surface area contributed by atoms with Gasteiger partial charge in [-0.1, -0.05) is 35.9 Å². The maximum Gasteiger partial charge on any atom is 0.0994 e. The highest BCUT2D eigenvalue weighted by Gasteiger charge is 2.09. The van der Waals surface area contributed by atoms with Crippen molar-refractivity contribution >= 4 is 11.6 Å². The summed E-state index contributed by atoms with van der Waals surface area (Å²) < 4.78 is 1.89. The molecule has 0 radical (unpaired) electrons. The Bertz CT molecular complexity index is 490. The molecule has 2 aromatic rings. The third kappa shape index (κ3) is 2.65. The Morgan fingerprint density at radius 1 is 1.29 bits per heavy atom. The Morgan fingerprint density at radius 2 is 2.00 bits per heavy atom. The van der Waals surface area contributed by atoms with Crippen molar-refractivity contribution in [3.05, 3.63) is 46.2 Å². The molecule has 0 atom stereocenters. The summed E-state index contributed by atoms with van der Waals surface area (Å²) in [4.78, 5) is 0. The number of halogens is 1. The Hall–Kier alpha value is -1.39. The highest BCUT2D eigenvalue weighted by atomic mass is 35.5. The van der Waals surface area contributed by atoms with Crippen LogP contribution in [0.25, 0.3) is 0 Å². The van der Waals surface area contributed by atoms with Crippen molar-refractivity contribution in [2.45, 2.75) is 26.4 Å². The van der Waals surface area contributed by atoms with Gasteiger partial charge < -0.3 is 5.73 Å². The van der Waals surface area contributed by atoms with Crippen LogP contribution in [0.1, 0.15) is 23.9 Å². The van der Waals surface area contributed by atoms with E-state index in [9.17, 15) is 0 Å². The van der Waals surface area contributed by atoms with Crippen molar-refractivity contribution in [2.75, 3.05) is 0 Å². The van der Waals surface area contributed by atoms with Crippen molar-refractivity contribution in [3.63, 3.8) is 0 Å². The van der Waals surface area contributed by atoms with Crippen LogP contribution in [0.4, 0.5) is 0 Å². The van der Waals surface area contributed by atoms with E-state index in [1.807, 2.05) is 28.9 Å². The van der Waals surface area contributed by atoms with Crippen LogP contribution in [-0.2, 0) is 19.5 Å². The molecular formula is C12H15ClN4. The summed E-state index contributed by atoms with van der Waals surface area (Å²) in [6.45, 7) is 3.22. The minimum Gasteiger partial charge on any atom is -0.325 e. The van der Waals surface area contributed by atoms with Gasteiger partial charge in [-0.25, -0.2) is 4.68 Å². The number of hydrogen-bond acceptors (Lipinski definition) is 3. The van der Waals surface area contributed by atoms with E-state index in [-0.39, 0.29) is 0 Å². The fourth-order valence-electron chi connectivity index (χ4n) is 1.80. The lowest BCUT2D eigenvalue weighted by Gasteiger charge is -2.05. The van der Waals surface area contributed by atoms with Crippen molar-refractivity contribution in [2.24, 2.45) is 5.73 Å². The molecule has 2 rings (SSSR count). The number of hydrogen-bond donors (Lipinski definition) is 1. The van der Waals surface area contributed by atoms with Crippen LogP contribution in [0, 0.1) is 0 Å². The highest BCUT2D eigenvalue weighted by molar-refractivity contribution is 6.30. The fraction of sp³-hybridized carbons (Fsp3) is 0.333. The third-order valence-electron chi connectivity index (χ3n) is 2.69. The van der Waals surface area contributed by atoms with Gasteiger partial charge in [0.1, 0.15) is 0 Å². The van der Waals surface area contributed by atoms with Gasteiger partial charge in [-0.05, 0) is 24.1 Å². The molecule has 5 heteroatoms. The van der Waals surface area contributed by atoms with Crippen molar-refractivity contribution in [1.82, 2.24) is 15.0 Å². The molecule has 0 amide bonds. The van der Waals surface area contributed by atoms with Gasteiger partial charge in [0, 0.05) is 11.6 Å². The molecule has 0 saturated heterocycles.